The van der Waals surface area contributed by atoms with Crippen LogP contribution in [0.15, 0.2) is 70.1 Å². The van der Waals surface area contributed by atoms with Crippen LogP contribution < -0.4 is 9.47 Å². The van der Waals surface area contributed by atoms with Gasteiger partial charge in [-0.3, -0.25) is 0 Å². The molecule has 0 saturated carbocycles. The van der Waals surface area contributed by atoms with Crippen LogP contribution in [0, 0.1) is 23.7 Å². The third-order valence-corrected chi connectivity index (χ3v) is 6.57. The fourth-order valence-corrected chi connectivity index (χ4v) is 5.00. The Morgan fingerprint density at radius 1 is 0.594 bits per heavy atom. The lowest BCUT2D eigenvalue weighted by Crippen LogP contribution is -1.96. The highest BCUT2D eigenvalue weighted by molar-refractivity contribution is 7.08. The molecule has 0 aliphatic carbocycles. The van der Waals surface area contributed by atoms with Crippen LogP contribution >= 0.6 is 22.7 Å². The molecule has 2 nitrogen and oxygen atoms in total. The molecule has 32 heavy (non-hydrogen) atoms. The maximum atomic E-state index is 5.96. The molecule has 0 bridgehead atoms. The predicted octanol–water partition coefficient (Wildman–Crippen LogP) is 6.93. The first-order chi connectivity index (χ1) is 15.8. The van der Waals surface area contributed by atoms with Crippen molar-refractivity contribution in [2.45, 2.75) is 0 Å². The largest absolute Gasteiger partial charge is 0.495 e. The van der Waals surface area contributed by atoms with Crippen molar-refractivity contribution < 1.29 is 9.47 Å². The summed E-state index contributed by atoms with van der Waals surface area (Å²) in [5.41, 5.74) is 3.82. The fraction of sp³-hybridized carbons (Fsp3) is 0.0714. The van der Waals surface area contributed by atoms with Gasteiger partial charge in [0.05, 0.1) is 14.2 Å². The molecule has 5 rings (SSSR count). The summed E-state index contributed by atoms with van der Waals surface area (Å²) < 4.78 is 11.9. The molecule has 2 heterocycles. The molecular weight excluding hydrogens is 432 g/mol. The van der Waals surface area contributed by atoms with E-state index >= 15 is 0 Å². The maximum absolute atomic E-state index is 5.96. The Morgan fingerprint density at radius 3 is 1.44 bits per heavy atom. The summed E-state index contributed by atoms with van der Waals surface area (Å²) in [6.07, 6.45) is 0. The lowest BCUT2D eigenvalue weighted by molar-refractivity contribution is 0.417. The minimum Gasteiger partial charge on any atom is -0.495 e. The Morgan fingerprint density at radius 2 is 1.06 bits per heavy atom. The SMILES string of the molecule is COc1c2cccc(C#Cc3ccsc3)c2c(OC)c2cccc(C#Cc3ccsc3)c12. The van der Waals surface area contributed by atoms with Gasteiger partial charge in [0.25, 0.3) is 0 Å². The number of fused-ring (bicyclic) bond motifs is 2. The van der Waals surface area contributed by atoms with Gasteiger partial charge in [0.2, 0.25) is 0 Å². The number of benzene rings is 3. The van der Waals surface area contributed by atoms with Crippen molar-refractivity contribution in [1.29, 1.82) is 0 Å². The molecule has 0 saturated heterocycles. The third kappa shape index (κ3) is 3.61. The average Bonchev–Trinajstić information content (AvgIpc) is 3.54. The Balaban J connectivity index is 1.83. The van der Waals surface area contributed by atoms with Crippen molar-refractivity contribution in [2.75, 3.05) is 14.2 Å². The molecule has 0 unspecified atom stereocenters. The zero-order chi connectivity index (χ0) is 21.9. The highest BCUT2D eigenvalue weighted by atomic mass is 32.1. The smallest absolute Gasteiger partial charge is 0.136 e. The van der Waals surface area contributed by atoms with E-state index in [1.165, 1.54) is 0 Å². The first kappa shape index (κ1) is 20.2. The Hall–Kier alpha value is -3.70. The summed E-state index contributed by atoms with van der Waals surface area (Å²) in [4.78, 5) is 0. The fourth-order valence-electron chi connectivity index (χ4n) is 3.82. The Bertz CT molecular complexity index is 1420. The van der Waals surface area contributed by atoms with Crippen molar-refractivity contribution in [3.05, 3.63) is 92.3 Å². The van der Waals surface area contributed by atoms with Gasteiger partial charge in [0.1, 0.15) is 11.5 Å². The highest BCUT2D eigenvalue weighted by Crippen LogP contribution is 2.45. The molecule has 154 valence electrons. The van der Waals surface area contributed by atoms with E-state index in [0.717, 1.165) is 55.3 Å². The van der Waals surface area contributed by atoms with Crippen LogP contribution in [0.1, 0.15) is 22.3 Å². The monoisotopic (exact) mass is 450 g/mol. The van der Waals surface area contributed by atoms with Gasteiger partial charge >= 0.3 is 0 Å². The van der Waals surface area contributed by atoms with Crippen molar-refractivity contribution in [3.63, 3.8) is 0 Å². The van der Waals surface area contributed by atoms with Gasteiger partial charge in [0.15, 0.2) is 0 Å². The number of methoxy groups -OCH3 is 2. The van der Waals surface area contributed by atoms with Gasteiger partial charge in [-0.25, -0.2) is 0 Å². The second-order valence-corrected chi connectivity index (χ2v) is 8.61. The summed E-state index contributed by atoms with van der Waals surface area (Å²) in [5, 5.41) is 12.0. The normalized spacial score (nSPS) is 10.3. The molecule has 4 heteroatoms. The van der Waals surface area contributed by atoms with Gasteiger partial charge in [-0.2, -0.15) is 22.7 Å². The molecule has 0 amide bonds. The molecule has 0 N–H and O–H groups in total. The summed E-state index contributed by atoms with van der Waals surface area (Å²) >= 11 is 3.28. The zero-order valence-corrected chi connectivity index (χ0v) is 19.2. The molecule has 0 aliphatic rings. The van der Waals surface area contributed by atoms with Crippen LogP contribution in [0.4, 0.5) is 0 Å². The summed E-state index contributed by atoms with van der Waals surface area (Å²) in [6.45, 7) is 0. The second kappa shape index (κ2) is 8.81. The molecule has 5 aromatic rings. The molecule has 0 fully saturated rings. The van der Waals surface area contributed by atoms with Gasteiger partial charge in [0, 0.05) is 54.6 Å². The molecular formula is C28H18O2S2. The Labute approximate surface area is 195 Å². The molecule has 0 radical (unpaired) electrons. The highest BCUT2D eigenvalue weighted by Gasteiger charge is 2.19. The number of ether oxygens (including phenoxy) is 2. The first-order valence-electron chi connectivity index (χ1n) is 9.98. The summed E-state index contributed by atoms with van der Waals surface area (Å²) in [6, 6.07) is 16.2. The molecule has 3 aromatic carbocycles. The van der Waals surface area contributed by atoms with E-state index in [1.807, 2.05) is 57.9 Å². The van der Waals surface area contributed by atoms with E-state index in [0.29, 0.717) is 0 Å². The number of hydrogen-bond donors (Lipinski definition) is 0. The molecule has 0 atom stereocenters. The average molecular weight is 451 g/mol. The minimum atomic E-state index is 0.783. The second-order valence-electron chi connectivity index (χ2n) is 7.05. The third-order valence-electron chi connectivity index (χ3n) is 5.21. The number of hydrogen-bond acceptors (Lipinski definition) is 4. The number of thiophene rings is 2. The predicted molar refractivity (Wildman–Crippen MR) is 135 cm³/mol. The maximum Gasteiger partial charge on any atom is 0.136 e. The van der Waals surface area contributed by atoms with Crippen molar-refractivity contribution in [1.82, 2.24) is 0 Å². The van der Waals surface area contributed by atoms with Crippen LogP contribution in [0.2, 0.25) is 0 Å². The van der Waals surface area contributed by atoms with Crippen molar-refractivity contribution in [3.8, 4) is 35.2 Å². The van der Waals surface area contributed by atoms with E-state index in [4.69, 9.17) is 9.47 Å². The van der Waals surface area contributed by atoms with Gasteiger partial charge in [-0.05, 0) is 35.0 Å². The van der Waals surface area contributed by atoms with Crippen LogP contribution in [0.3, 0.4) is 0 Å². The standard InChI is InChI=1S/C28H18O2S2/c1-29-27-23-7-3-6-22(12-10-20-14-16-32-18-20)26(23)28(30-2)24-8-4-5-21(25(24)27)11-9-19-13-15-31-17-19/h3-8,13-18H,1-2H3. The summed E-state index contributed by atoms with van der Waals surface area (Å²) in [5.74, 6) is 14.8. The van der Waals surface area contributed by atoms with Crippen molar-refractivity contribution in [2.24, 2.45) is 0 Å². The van der Waals surface area contributed by atoms with Gasteiger partial charge in [-0.15, -0.1) is 0 Å². The van der Waals surface area contributed by atoms with Crippen LogP contribution in [-0.2, 0) is 0 Å². The zero-order valence-electron chi connectivity index (χ0n) is 17.6. The van der Waals surface area contributed by atoms with Gasteiger partial charge < -0.3 is 9.47 Å². The lowest BCUT2D eigenvalue weighted by atomic mass is 9.94. The molecule has 0 spiro atoms. The van der Waals surface area contributed by atoms with E-state index in [1.54, 1.807) is 36.9 Å². The minimum absolute atomic E-state index is 0.783. The quantitative estimate of drug-likeness (QED) is 0.214. The number of rotatable bonds is 2. The summed E-state index contributed by atoms with van der Waals surface area (Å²) in [7, 11) is 3.40. The Kier molecular flexibility index (Phi) is 5.57. The van der Waals surface area contributed by atoms with Crippen molar-refractivity contribution >= 4 is 44.2 Å². The molecule has 2 aromatic heterocycles. The van der Waals surface area contributed by atoms with Crippen LogP contribution in [-0.4, -0.2) is 14.2 Å². The molecule has 0 aliphatic heterocycles. The van der Waals surface area contributed by atoms with Crippen LogP contribution in [0.25, 0.3) is 21.5 Å². The van der Waals surface area contributed by atoms with Crippen LogP contribution in [0.5, 0.6) is 11.5 Å². The van der Waals surface area contributed by atoms with E-state index < -0.39 is 0 Å². The first-order valence-corrected chi connectivity index (χ1v) is 11.9. The van der Waals surface area contributed by atoms with E-state index in [-0.39, 0.29) is 0 Å². The van der Waals surface area contributed by atoms with Gasteiger partial charge in [-0.1, -0.05) is 47.9 Å². The van der Waals surface area contributed by atoms with E-state index in [9.17, 15) is 0 Å². The van der Waals surface area contributed by atoms with E-state index in [2.05, 4.69) is 35.8 Å². The topological polar surface area (TPSA) is 18.5 Å². The lowest BCUT2D eigenvalue weighted by Gasteiger charge is -2.17.